The van der Waals surface area contributed by atoms with Crippen LogP contribution in [0.1, 0.15) is 35.6 Å². The Kier molecular flexibility index (Phi) is 3.29. The molecule has 1 aromatic heterocycles. The van der Waals surface area contributed by atoms with E-state index in [-0.39, 0.29) is 5.91 Å². The lowest BCUT2D eigenvalue weighted by Gasteiger charge is -2.20. The van der Waals surface area contributed by atoms with Gasteiger partial charge in [-0.3, -0.25) is 4.79 Å². The predicted octanol–water partition coefficient (Wildman–Crippen LogP) is 1.54. The summed E-state index contributed by atoms with van der Waals surface area (Å²) in [5.74, 6) is 1.23. The molecule has 1 aliphatic rings. The molecule has 1 aliphatic carbocycles. The van der Waals surface area contributed by atoms with Crippen LogP contribution in [-0.4, -0.2) is 29.9 Å². The quantitative estimate of drug-likeness (QED) is 0.822. The number of hydrogen-bond donors (Lipinski definition) is 1. The van der Waals surface area contributed by atoms with Crippen LogP contribution in [0, 0.1) is 6.92 Å². The summed E-state index contributed by atoms with van der Waals surface area (Å²) in [6.07, 6.45) is 3.06. The summed E-state index contributed by atoms with van der Waals surface area (Å²) < 4.78 is 5.36. The Morgan fingerprint density at radius 3 is 2.81 bits per heavy atom. The Morgan fingerprint density at radius 1 is 1.56 bits per heavy atom. The van der Waals surface area contributed by atoms with E-state index in [0.717, 1.165) is 31.6 Å². The van der Waals surface area contributed by atoms with E-state index in [1.54, 1.807) is 6.07 Å². The molecule has 0 aliphatic heterocycles. The molecule has 0 bridgehead atoms. The molecule has 4 nitrogen and oxygen atoms in total. The number of carbonyl (C=O) groups is 1. The molecule has 0 aromatic carbocycles. The van der Waals surface area contributed by atoms with Gasteiger partial charge in [0.25, 0.3) is 5.91 Å². The lowest BCUT2D eigenvalue weighted by Crippen LogP contribution is -2.34. The van der Waals surface area contributed by atoms with E-state index in [0.29, 0.717) is 18.3 Å². The fraction of sp³-hybridized carbons (Fsp3) is 0.583. The molecule has 2 rings (SSSR count). The molecule has 0 unspecified atom stereocenters. The molecule has 16 heavy (non-hydrogen) atoms. The number of hydrogen-bond acceptors (Lipinski definition) is 3. The summed E-state index contributed by atoms with van der Waals surface area (Å²) in [6.45, 7) is 3.20. The molecule has 4 heteroatoms. The molecule has 1 heterocycles. The zero-order valence-corrected chi connectivity index (χ0v) is 9.61. The highest BCUT2D eigenvalue weighted by atomic mass is 16.3. The van der Waals surface area contributed by atoms with Gasteiger partial charge in [0.15, 0.2) is 5.76 Å². The summed E-state index contributed by atoms with van der Waals surface area (Å²) >= 11 is 0. The summed E-state index contributed by atoms with van der Waals surface area (Å²) in [4.78, 5) is 14.0. The zero-order valence-electron chi connectivity index (χ0n) is 9.61. The smallest absolute Gasteiger partial charge is 0.289 e. The van der Waals surface area contributed by atoms with Gasteiger partial charge >= 0.3 is 0 Å². The molecule has 0 spiro atoms. The van der Waals surface area contributed by atoms with Gasteiger partial charge in [-0.1, -0.05) is 0 Å². The van der Waals surface area contributed by atoms with Crippen molar-refractivity contribution in [3.8, 4) is 0 Å². The Hall–Kier alpha value is -1.29. The maximum Gasteiger partial charge on any atom is 0.289 e. The summed E-state index contributed by atoms with van der Waals surface area (Å²) in [7, 11) is 0. The van der Waals surface area contributed by atoms with Crippen LogP contribution in [0.25, 0.3) is 0 Å². The molecule has 1 aromatic rings. The second kappa shape index (κ2) is 4.70. The summed E-state index contributed by atoms with van der Waals surface area (Å²) in [6, 6.07) is 3.97. The zero-order chi connectivity index (χ0) is 11.5. The topological polar surface area (TPSA) is 59.5 Å². The third-order valence-corrected chi connectivity index (χ3v) is 2.80. The first kappa shape index (κ1) is 11.2. The van der Waals surface area contributed by atoms with Crippen LogP contribution >= 0.6 is 0 Å². The number of nitrogens with two attached hydrogens (primary N) is 1. The number of carbonyl (C=O) groups excluding carboxylic acids is 1. The van der Waals surface area contributed by atoms with Crippen molar-refractivity contribution in [1.29, 1.82) is 0 Å². The van der Waals surface area contributed by atoms with Gasteiger partial charge in [0.2, 0.25) is 0 Å². The van der Waals surface area contributed by atoms with Crippen LogP contribution in [0.5, 0.6) is 0 Å². The largest absolute Gasteiger partial charge is 0.456 e. The summed E-state index contributed by atoms with van der Waals surface area (Å²) in [5.41, 5.74) is 5.48. The normalized spacial score (nSPS) is 15.1. The first-order valence-electron chi connectivity index (χ1n) is 5.80. The lowest BCUT2D eigenvalue weighted by atomic mass is 10.3. The Balaban J connectivity index is 2.04. The number of aryl methyl sites for hydroxylation is 1. The molecular formula is C12H18N2O2. The first-order chi connectivity index (χ1) is 7.72. The second-order valence-corrected chi connectivity index (χ2v) is 4.28. The van der Waals surface area contributed by atoms with Crippen molar-refractivity contribution in [2.75, 3.05) is 13.1 Å². The number of rotatable bonds is 5. The van der Waals surface area contributed by atoms with Crippen LogP contribution in [0.4, 0.5) is 0 Å². The maximum absolute atomic E-state index is 12.1. The molecule has 0 atom stereocenters. The van der Waals surface area contributed by atoms with Crippen molar-refractivity contribution in [3.05, 3.63) is 23.7 Å². The maximum atomic E-state index is 12.1. The molecule has 1 amide bonds. The highest BCUT2D eigenvalue weighted by Gasteiger charge is 2.33. The monoisotopic (exact) mass is 222 g/mol. The fourth-order valence-corrected chi connectivity index (χ4v) is 1.79. The van der Waals surface area contributed by atoms with Gasteiger partial charge in [0.1, 0.15) is 5.76 Å². The molecule has 2 N–H and O–H groups in total. The van der Waals surface area contributed by atoms with E-state index in [1.807, 2.05) is 17.9 Å². The van der Waals surface area contributed by atoms with Crippen LogP contribution < -0.4 is 5.73 Å². The third kappa shape index (κ3) is 2.44. The first-order valence-corrected chi connectivity index (χ1v) is 5.80. The van der Waals surface area contributed by atoms with E-state index in [1.165, 1.54) is 0 Å². The van der Waals surface area contributed by atoms with Crippen molar-refractivity contribution in [2.24, 2.45) is 5.73 Å². The van der Waals surface area contributed by atoms with Crippen LogP contribution in [0.15, 0.2) is 16.5 Å². The molecule has 0 saturated heterocycles. The van der Waals surface area contributed by atoms with E-state index in [9.17, 15) is 4.79 Å². The van der Waals surface area contributed by atoms with E-state index < -0.39 is 0 Å². The predicted molar refractivity (Wildman–Crippen MR) is 61.2 cm³/mol. The minimum absolute atomic E-state index is 0.00375. The Morgan fingerprint density at radius 2 is 2.31 bits per heavy atom. The molecule has 0 radical (unpaired) electrons. The Labute approximate surface area is 95.4 Å². The fourth-order valence-electron chi connectivity index (χ4n) is 1.79. The third-order valence-electron chi connectivity index (χ3n) is 2.80. The van der Waals surface area contributed by atoms with Gasteiger partial charge in [-0.25, -0.2) is 0 Å². The molecule has 1 saturated carbocycles. The minimum Gasteiger partial charge on any atom is -0.456 e. The van der Waals surface area contributed by atoms with Gasteiger partial charge in [-0.15, -0.1) is 0 Å². The van der Waals surface area contributed by atoms with E-state index in [2.05, 4.69) is 0 Å². The molecule has 1 fully saturated rings. The van der Waals surface area contributed by atoms with Gasteiger partial charge in [0, 0.05) is 12.6 Å². The van der Waals surface area contributed by atoms with Gasteiger partial charge in [0.05, 0.1) is 0 Å². The highest BCUT2D eigenvalue weighted by molar-refractivity contribution is 5.92. The van der Waals surface area contributed by atoms with Crippen LogP contribution in [0.3, 0.4) is 0 Å². The van der Waals surface area contributed by atoms with E-state index in [4.69, 9.17) is 10.2 Å². The molecule has 88 valence electrons. The number of nitrogens with zero attached hydrogens (tertiary/aromatic N) is 1. The average Bonchev–Trinajstić information content (AvgIpc) is 3.01. The van der Waals surface area contributed by atoms with Crippen LogP contribution in [0.2, 0.25) is 0 Å². The second-order valence-electron chi connectivity index (χ2n) is 4.28. The molecular weight excluding hydrogens is 204 g/mol. The standard InChI is InChI=1S/C12H18N2O2/c1-9-3-6-11(16-9)12(15)14(8-2-7-13)10-4-5-10/h3,6,10H,2,4-5,7-8,13H2,1H3. The minimum atomic E-state index is 0.00375. The van der Waals surface area contributed by atoms with Crippen molar-refractivity contribution < 1.29 is 9.21 Å². The summed E-state index contributed by atoms with van der Waals surface area (Å²) in [5, 5.41) is 0. The van der Waals surface area contributed by atoms with Crippen molar-refractivity contribution in [3.63, 3.8) is 0 Å². The Bertz CT molecular complexity index is 369. The lowest BCUT2D eigenvalue weighted by molar-refractivity contribution is 0.0708. The SMILES string of the molecule is Cc1ccc(C(=O)N(CCCN)C2CC2)o1. The average molecular weight is 222 g/mol. The van der Waals surface area contributed by atoms with Crippen LogP contribution in [-0.2, 0) is 0 Å². The van der Waals surface area contributed by atoms with Gasteiger partial charge in [-0.2, -0.15) is 0 Å². The number of amides is 1. The van der Waals surface area contributed by atoms with Gasteiger partial charge < -0.3 is 15.1 Å². The highest BCUT2D eigenvalue weighted by Crippen LogP contribution is 2.28. The number of furan rings is 1. The van der Waals surface area contributed by atoms with Crippen molar-refractivity contribution in [2.45, 2.75) is 32.2 Å². The van der Waals surface area contributed by atoms with Crippen molar-refractivity contribution >= 4 is 5.91 Å². The van der Waals surface area contributed by atoms with E-state index >= 15 is 0 Å². The van der Waals surface area contributed by atoms with Gasteiger partial charge in [-0.05, 0) is 44.9 Å². The van der Waals surface area contributed by atoms with Crippen molar-refractivity contribution in [1.82, 2.24) is 4.90 Å².